The van der Waals surface area contributed by atoms with Crippen molar-refractivity contribution in [3.63, 3.8) is 0 Å². The topological polar surface area (TPSA) is 152 Å². The highest BCUT2D eigenvalue weighted by Gasteiger charge is 2.35. The summed E-state index contributed by atoms with van der Waals surface area (Å²) < 4.78 is 6.84. The average molecular weight is 627 g/mol. The zero-order chi connectivity index (χ0) is 26.0. The first-order valence-electron chi connectivity index (χ1n) is 11.3. The van der Waals surface area contributed by atoms with E-state index in [9.17, 15) is 19.7 Å². The van der Waals surface area contributed by atoms with Crippen molar-refractivity contribution in [2.24, 2.45) is 0 Å². The summed E-state index contributed by atoms with van der Waals surface area (Å²) in [7, 11) is 0. The number of anilines is 2. The van der Waals surface area contributed by atoms with Gasteiger partial charge in [0.25, 0.3) is 11.6 Å². The molecule has 3 N–H and O–H groups in total. The number of nitrogens with zero attached hydrogens (tertiary/aromatic N) is 4. The Labute approximate surface area is 224 Å². The first kappa shape index (κ1) is 26.4. The maximum atomic E-state index is 13.5. The monoisotopic (exact) mass is 625 g/mol. The quantitative estimate of drug-likeness (QED) is 0.325. The standard InChI is InChI=1S/C22H25Br2N7O5/c1-11-9-30(10-12(2)36-11)21(33)16-3-13(23)4-18(31(34)35)19(16)28-15-5-17(25-8-15)20(32)29-22-26-6-14(24)7-27-22/h3-4,6-7,11-12,15,17,25,28H,5,8-10H2,1-2H3,(H,26,27,29,32)/t11-,12+,15-,17+/m1/s1. The van der Waals surface area contributed by atoms with Crippen molar-refractivity contribution in [2.75, 3.05) is 30.3 Å². The first-order valence-corrected chi connectivity index (χ1v) is 12.9. The number of carbonyl (C=O) groups is 2. The lowest BCUT2D eigenvalue weighted by atomic mass is 10.1. The van der Waals surface area contributed by atoms with E-state index >= 15 is 0 Å². The Morgan fingerprint density at radius 1 is 1.17 bits per heavy atom. The minimum Gasteiger partial charge on any atom is -0.375 e. The van der Waals surface area contributed by atoms with Gasteiger partial charge in [-0.1, -0.05) is 15.9 Å². The molecular weight excluding hydrogens is 602 g/mol. The van der Waals surface area contributed by atoms with Crippen LogP contribution >= 0.6 is 31.9 Å². The van der Waals surface area contributed by atoms with Crippen LogP contribution in [0.3, 0.4) is 0 Å². The number of hydrogen-bond acceptors (Lipinski definition) is 9. The molecule has 2 amide bonds. The molecule has 192 valence electrons. The minimum atomic E-state index is -0.565. The number of nitro benzene ring substituents is 1. The Morgan fingerprint density at radius 3 is 2.47 bits per heavy atom. The number of amides is 2. The summed E-state index contributed by atoms with van der Waals surface area (Å²) in [6.07, 6.45) is 3.09. The maximum Gasteiger partial charge on any atom is 0.294 e. The van der Waals surface area contributed by atoms with Gasteiger partial charge in [-0.15, -0.1) is 0 Å². The number of carbonyl (C=O) groups excluding carboxylic acids is 2. The third-order valence-electron chi connectivity index (χ3n) is 5.87. The van der Waals surface area contributed by atoms with Crippen LogP contribution in [0.1, 0.15) is 30.6 Å². The van der Waals surface area contributed by atoms with Crippen LogP contribution in [0.5, 0.6) is 0 Å². The van der Waals surface area contributed by atoms with Gasteiger partial charge in [0, 0.05) is 48.6 Å². The Hall–Kier alpha value is -2.68. The molecule has 1 aromatic heterocycles. The molecule has 0 saturated carbocycles. The largest absolute Gasteiger partial charge is 0.375 e. The molecule has 3 heterocycles. The number of nitrogens with one attached hydrogen (secondary N) is 3. The summed E-state index contributed by atoms with van der Waals surface area (Å²) >= 11 is 6.54. The Kier molecular flexibility index (Phi) is 8.17. The fourth-order valence-corrected chi connectivity index (χ4v) is 5.05. The van der Waals surface area contributed by atoms with Crippen molar-refractivity contribution in [3.05, 3.63) is 49.1 Å². The van der Waals surface area contributed by atoms with Gasteiger partial charge in [-0.25, -0.2) is 9.97 Å². The summed E-state index contributed by atoms with van der Waals surface area (Å²) in [6, 6.07) is 2.05. The fourth-order valence-electron chi connectivity index (χ4n) is 4.39. The second-order valence-electron chi connectivity index (χ2n) is 8.82. The molecule has 2 aliphatic heterocycles. The van der Waals surface area contributed by atoms with E-state index < -0.39 is 11.0 Å². The van der Waals surface area contributed by atoms with Gasteiger partial charge in [0.05, 0.1) is 33.2 Å². The van der Waals surface area contributed by atoms with E-state index in [-0.39, 0.29) is 53.0 Å². The molecule has 2 aliphatic rings. The third-order valence-corrected chi connectivity index (χ3v) is 6.73. The van der Waals surface area contributed by atoms with Gasteiger partial charge in [0.15, 0.2) is 0 Å². The summed E-state index contributed by atoms with van der Waals surface area (Å²) in [5.41, 5.74) is 0.0934. The predicted molar refractivity (Wildman–Crippen MR) is 139 cm³/mol. The van der Waals surface area contributed by atoms with E-state index in [1.807, 2.05) is 13.8 Å². The number of aromatic nitrogens is 2. The van der Waals surface area contributed by atoms with Crippen LogP contribution < -0.4 is 16.0 Å². The van der Waals surface area contributed by atoms with E-state index in [0.717, 1.165) is 0 Å². The molecule has 4 atom stereocenters. The molecule has 2 saturated heterocycles. The van der Waals surface area contributed by atoms with E-state index in [4.69, 9.17) is 4.74 Å². The fraction of sp³-hybridized carbons (Fsp3) is 0.455. The number of halogens is 2. The molecule has 14 heteroatoms. The predicted octanol–water partition coefficient (Wildman–Crippen LogP) is 2.94. The number of morpholine rings is 1. The van der Waals surface area contributed by atoms with Crippen LogP contribution in [0, 0.1) is 10.1 Å². The molecule has 2 aromatic rings. The summed E-state index contributed by atoms with van der Waals surface area (Å²) in [5.74, 6) is -0.470. The van der Waals surface area contributed by atoms with Crippen molar-refractivity contribution in [1.82, 2.24) is 20.2 Å². The second-order valence-corrected chi connectivity index (χ2v) is 10.7. The van der Waals surface area contributed by atoms with Gasteiger partial charge in [-0.3, -0.25) is 25.0 Å². The van der Waals surface area contributed by atoms with Gasteiger partial charge in [-0.05, 0) is 42.3 Å². The molecule has 2 fully saturated rings. The first-order chi connectivity index (χ1) is 17.1. The smallest absolute Gasteiger partial charge is 0.294 e. The molecule has 36 heavy (non-hydrogen) atoms. The molecule has 0 spiro atoms. The van der Waals surface area contributed by atoms with E-state index in [2.05, 4.69) is 57.8 Å². The molecular formula is C22H25Br2N7O5. The third kappa shape index (κ3) is 6.17. The summed E-state index contributed by atoms with van der Waals surface area (Å²) in [5, 5.41) is 20.8. The van der Waals surface area contributed by atoms with Gasteiger partial charge in [0.1, 0.15) is 5.69 Å². The van der Waals surface area contributed by atoms with Crippen LogP contribution in [0.2, 0.25) is 0 Å². The van der Waals surface area contributed by atoms with Gasteiger partial charge in [-0.2, -0.15) is 0 Å². The number of hydrogen-bond donors (Lipinski definition) is 3. The van der Waals surface area contributed by atoms with Crippen molar-refractivity contribution < 1.29 is 19.2 Å². The van der Waals surface area contributed by atoms with Crippen LogP contribution in [0.4, 0.5) is 17.3 Å². The lowest BCUT2D eigenvalue weighted by Gasteiger charge is -2.35. The van der Waals surface area contributed by atoms with E-state index in [1.54, 1.807) is 11.0 Å². The lowest BCUT2D eigenvalue weighted by Crippen LogP contribution is -2.48. The molecule has 0 unspecified atom stereocenters. The molecule has 12 nitrogen and oxygen atoms in total. The Balaban J connectivity index is 1.53. The SMILES string of the molecule is C[C@@H]1CN(C(=O)c2cc(Br)cc([N+](=O)[O-])c2N[C@H]2CN[C@H](C(=O)Nc3ncc(Br)cn3)C2)C[C@H](C)O1. The highest BCUT2D eigenvalue weighted by molar-refractivity contribution is 9.10. The zero-order valence-electron chi connectivity index (χ0n) is 19.5. The zero-order valence-corrected chi connectivity index (χ0v) is 22.7. The number of nitro groups is 1. The van der Waals surface area contributed by atoms with Gasteiger partial charge >= 0.3 is 0 Å². The van der Waals surface area contributed by atoms with Crippen molar-refractivity contribution in [3.8, 4) is 0 Å². The highest BCUT2D eigenvalue weighted by Crippen LogP contribution is 2.35. The highest BCUT2D eigenvalue weighted by atomic mass is 79.9. The van der Waals surface area contributed by atoms with Crippen molar-refractivity contribution in [2.45, 2.75) is 44.6 Å². The van der Waals surface area contributed by atoms with Crippen molar-refractivity contribution in [1.29, 1.82) is 0 Å². The maximum absolute atomic E-state index is 13.5. The van der Waals surface area contributed by atoms with Gasteiger partial charge in [0.2, 0.25) is 11.9 Å². The summed E-state index contributed by atoms with van der Waals surface area (Å²) in [6.45, 7) is 4.90. The molecule has 0 radical (unpaired) electrons. The molecule has 0 bridgehead atoms. The number of benzene rings is 1. The Morgan fingerprint density at radius 2 is 1.83 bits per heavy atom. The second kappa shape index (κ2) is 11.2. The van der Waals surface area contributed by atoms with E-state index in [1.165, 1.54) is 18.5 Å². The number of ether oxygens (including phenoxy) is 1. The number of rotatable bonds is 6. The lowest BCUT2D eigenvalue weighted by molar-refractivity contribution is -0.384. The van der Waals surface area contributed by atoms with Gasteiger partial charge < -0.3 is 20.3 Å². The Bertz CT molecular complexity index is 1160. The van der Waals surface area contributed by atoms with Crippen molar-refractivity contribution >= 4 is 61.0 Å². The normalized spacial score (nSPS) is 23.8. The van der Waals surface area contributed by atoms with E-state index in [0.29, 0.717) is 35.0 Å². The summed E-state index contributed by atoms with van der Waals surface area (Å²) in [4.78, 5) is 47.3. The average Bonchev–Trinajstić information content (AvgIpc) is 3.29. The molecule has 4 rings (SSSR count). The molecule has 1 aromatic carbocycles. The van der Waals surface area contributed by atoms with Crippen LogP contribution in [0.15, 0.2) is 33.5 Å². The minimum absolute atomic E-state index is 0.129. The van der Waals surface area contributed by atoms with Crippen LogP contribution in [0.25, 0.3) is 0 Å². The van der Waals surface area contributed by atoms with Crippen LogP contribution in [-0.4, -0.2) is 75.5 Å². The van der Waals surface area contributed by atoms with Crippen LogP contribution in [-0.2, 0) is 9.53 Å². The molecule has 0 aliphatic carbocycles.